The molecule has 1 aliphatic carbocycles. The van der Waals surface area contributed by atoms with Crippen molar-refractivity contribution in [3.05, 3.63) is 52.6 Å². The molecular formula is C20H17N3O5. The van der Waals surface area contributed by atoms with Gasteiger partial charge in [0.25, 0.3) is 0 Å². The van der Waals surface area contributed by atoms with E-state index in [0.29, 0.717) is 29.9 Å². The van der Waals surface area contributed by atoms with Crippen molar-refractivity contribution in [2.45, 2.75) is 24.7 Å². The number of esters is 1. The number of allylic oxidation sites excluding steroid dienone is 1. The van der Waals surface area contributed by atoms with Crippen LogP contribution in [0.2, 0.25) is 0 Å². The standard InChI is InChI=1S/C20H17N3O5/c1-27-16(25)10-23-13-6-4-7-14(24)17(13)20(19(23)26)11-5-2-3-8-15(11)28-18(22)12(20)9-21/h2-3,5,8H,4,6-7,10,22H2,1H3/t20-/m0/s1. The van der Waals surface area contributed by atoms with E-state index >= 15 is 0 Å². The molecule has 0 bridgehead atoms. The van der Waals surface area contributed by atoms with Crippen molar-refractivity contribution >= 4 is 17.7 Å². The van der Waals surface area contributed by atoms with Crippen molar-refractivity contribution in [1.82, 2.24) is 4.90 Å². The number of rotatable bonds is 2. The maximum atomic E-state index is 13.8. The van der Waals surface area contributed by atoms with E-state index in [4.69, 9.17) is 15.2 Å². The van der Waals surface area contributed by atoms with Crippen molar-refractivity contribution in [2.24, 2.45) is 5.73 Å². The third-order valence-corrected chi connectivity index (χ3v) is 5.41. The van der Waals surface area contributed by atoms with Crippen LogP contribution in [0, 0.1) is 11.3 Å². The lowest BCUT2D eigenvalue weighted by Gasteiger charge is -2.35. The zero-order valence-corrected chi connectivity index (χ0v) is 15.2. The highest BCUT2D eigenvalue weighted by Crippen LogP contribution is 2.55. The van der Waals surface area contributed by atoms with Crippen LogP contribution >= 0.6 is 0 Å². The van der Waals surface area contributed by atoms with Gasteiger partial charge in [-0.3, -0.25) is 14.4 Å². The number of carbonyl (C=O) groups is 3. The first kappa shape index (κ1) is 17.8. The molecule has 1 aromatic carbocycles. The second-order valence-electron chi connectivity index (χ2n) is 6.77. The molecule has 0 radical (unpaired) electrons. The number of methoxy groups -OCH3 is 1. The van der Waals surface area contributed by atoms with E-state index in [-0.39, 0.29) is 35.8 Å². The topological polar surface area (TPSA) is 123 Å². The summed E-state index contributed by atoms with van der Waals surface area (Å²) in [5, 5.41) is 9.86. The Labute approximate surface area is 160 Å². The van der Waals surface area contributed by atoms with E-state index in [9.17, 15) is 19.6 Å². The van der Waals surface area contributed by atoms with Crippen molar-refractivity contribution in [2.75, 3.05) is 13.7 Å². The molecule has 1 aromatic rings. The molecule has 1 spiro atoms. The zero-order chi connectivity index (χ0) is 20.1. The second-order valence-corrected chi connectivity index (χ2v) is 6.77. The predicted molar refractivity (Wildman–Crippen MR) is 95.2 cm³/mol. The number of nitriles is 1. The molecule has 1 atom stereocenters. The molecule has 142 valence electrons. The Balaban J connectivity index is 2.06. The minimum absolute atomic E-state index is 0.133. The molecule has 0 unspecified atom stereocenters. The molecule has 2 heterocycles. The van der Waals surface area contributed by atoms with Crippen LogP contribution in [0.3, 0.4) is 0 Å². The molecule has 28 heavy (non-hydrogen) atoms. The molecule has 2 N–H and O–H groups in total. The maximum Gasteiger partial charge on any atom is 0.325 e. The number of benzene rings is 1. The van der Waals surface area contributed by atoms with E-state index < -0.39 is 17.3 Å². The van der Waals surface area contributed by atoms with Crippen molar-refractivity contribution in [3.8, 4) is 11.8 Å². The number of hydrogen-bond acceptors (Lipinski definition) is 7. The first-order valence-electron chi connectivity index (χ1n) is 8.80. The zero-order valence-electron chi connectivity index (χ0n) is 15.2. The molecular weight excluding hydrogens is 362 g/mol. The van der Waals surface area contributed by atoms with Crippen molar-refractivity contribution in [3.63, 3.8) is 0 Å². The van der Waals surface area contributed by atoms with Gasteiger partial charge in [-0.1, -0.05) is 18.2 Å². The third kappa shape index (κ3) is 2.13. The summed E-state index contributed by atoms with van der Waals surface area (Å²) in [6.45, 7) is -0.342. The number of para-hydroxylation sites is 1. The van der Waals surface area contributed by atoms with Gasteiger partial charge in [-0.15, -0.1) is 0 Å². The number of fused-ring (bicyclic) bond motifs is 3. The fourth-order valence-electron chi connectivity index (χ4n) is 4.29. The highest BCUT2D eigenvalue weighted by atomic mass is 16.5. The minimum atomic E-state index is -1.70. The number of nitrogens with zero attached hydrogens (tertiary/aromatic N) is 2. The van der Waals surface area contributed by atoms with Crippen LogP contribution in [0.15, 0.2) is 47.0 Å². The number of hydrogen-bond donors (Lipinski definition) is 1. The largest absolute Gasteiger partial charge is 0.468 e. The first-order valence-corrected chi connectivity index (χ1v) is 8.80. The lowest BCUT2D eigenvalue weighted by molar-refractivity contribution is -0.146. The van der Waals surface area contributed by atoms with Gasteiger partial charge in [-0.05, 0) is 18.9 Å². The molecule has 0 fully saturated rings. The van der Waals surface area contributed by atoms with Crippen LogP contribution in [-0.2, 0) is 24.5 Å². The van der Waals surface area contributed by atoms with Gasteiger partial charge in [0, 0.05) is 23.3 Å². The van der Waals surface area contributed by atoms with Crippen LogP contribution in [-0.4, -0.2) is 36.2 Å². The summed E-state index contributed by atoms with van der Waals surface area (Å²) in [4.78, 5) is 40.0. The van der Waals surface area contributed by atoms with E-state index in [0.717, 1.165) is 0 Å². The van der Waals surface area contributed by atoms with Gasteiger partial charge in [0.2, 0.25) is 11.8 Å². The van der Waals surface area contributed by atoms with Crippen LogP contribution in [0.4, 0.5) is 0 Å². The molecule has 3 aliphatic rings. The smallest absolute Gasteiger partial charge is 0.325 e. The summed E-state index contributed by atoms with van der Waals surface area (Å²) < 4.78 is 10.3. The highest BCUT2D eigenvalue weighted by molar-refractivity contribution is 6.15. The van der Waals surface area contributed by atoms with Gasteiger partial charge in [0.1, 0.15) is 29.4 Å². The Morgan fingerprint density at radius 2 is 2.11 bits per heavy atom. The number of amides is 1. The predicted octanol–water partition coefficient (Wildman–Crippen LogP) is 1.03. The molecule has 4 rings (SSSR count). The first-order chi connectivity index (χ1) is 13.5. The Morgan fingerprint density at radius 1 is 1.36 bits per heavy atom. The summed E-state index contributed by atoms with van der Waals surface area (Å²) in [7, 11) is 1.22. The molecule has 0 saturated heterocycles. The average molecular weight is 379 g/mol. The molecule has 0 saturated carbocycles. The Kier molecular flexibility index (Phi) is 3.96. The molecule has 1 amide bonds. The quantitative estimate of drug-likeness (QED) is 0.761. The van der Waals surface area contributed by atoms with Crippen LogP contribution in [0.5, 0.6) is 5.75 Å². The normalized spacial score (nSPS) is 23.4. The van der Waals surface area contributed by atoms with Gasteiger partial charge < -0.3 is 20.1 Å². The molecule has 0 aromatic heterocycles. The fraction of sp³-hybridized carbons (Fsp3) is 0.300. The number of ether oxygens (including phenoxy) is 2. The number of carbonyl (C=O) groups excluding carboxylic acids is 3. The average Bonchev–Trinajstić information content (AvgIpc) is 2.93. The third-order valence-electron chi connectivity index (χ3n) is 5.41. The van der Waals surface area contributed by atoms with Crippen LogP contribution in [0.1, 0.15) is 24.8 Å². The highest BCUT2D eigenvalue weighted by Gasteiger charge is 2.62. The van der Waals surface area contributed by atoms with Gasteiger partial charge >= 0.3 is 5.97 Å². The summed E-state index contributed by atoms with van der Waals surface area (Å²) in [5.41, 5.74) is 5.20. The SMILES string of the molecule is COC(=O)CN1C(=O)[C@@]2(C(C#N)=C(N)Oc3ccccc32)C2=C1CCCC2=O. The monoisotopic (exact) mass is 379 g/mol. The number of nitrogens with two attached hydrogens (primary N) is 1. The number of Topliss-reactive ketones (excluding diaryl/α,β-unsaturated/α-hetero) is 1. The summed E-state index contributed by atoms with van der Waals surface area (Å²) in [6, 6.07) is 8.66. The maximum absolute atomic E-state index is 13.8. The van der Waals surface area contributed by atoms with Gasteiger partial charge in [0.15, 0.2) is 5.78 Å². The lowest BCUT2D eigenvalue weighted by Crippen LogP contribution is -2.47. The summed E-state index contributed by atoms with van der Waals surface area (Å²) >= 11 is 0. The fourth-order valence-corrected chi connectivity index (χ4v) is 4.29. The van der Waals surface area contributed by atoms with E-state index in [1.807, 2.05) is 6.07 Å². The summed E-state index contributed by atoms with van der Waals surface area (Å²) in [6.07, 6.45) is 1.24. The Hall–Kier alpha value is -3.60. The van der Waals surface area contributed by atoms with Crippen LogP contribution in [0.25, 0.3) is 0 Å². The minimum Gasteiger partial charge on any atom is -0.468 e. The van der Waals surface area contributed by atoms with Gasteiger partial charge in [0.05, 0.1) is 7.11 Å². The molecule has 8 nitrogen and oxygen atoms in total. The Bertz CT molecular complexity index is 1030. The Morgan fingerprint density at radius 3 is 2.82 bits per heavy atom. The van der Waals surface area contributed by atoms with Crippen LogP contribution < -0.4 is 10.5 Å². The number of ketones is 1. The summed E-state index contributed by atoms with van der Waals surface area (Å²) in [5.74, 6) is -1.34. The van der Waals surface area contributed by atoms with Crippen molar-refractivity contribution in [1.29, 1.82) is 5.26 Å². The van der Waals surface area contributed by atoms with E-state index in [2.05, 4.69) is 0 Å². The molecule has 2 aliphatic heterocycles. The van der Waals surface area contributed by atoms with E-state index in [1.54, 1.807) is 24.3 Å². The van der Waals surface area contributed by atoms with Gasteiger partial charge in [-0.25, -0.2) is 0 Å². The van der Waals surface area contributed by atoms with Crippen molar-refractivity contribution < 1.29 is 23.9 Å². The van der Waals surface area contributed by atoms with E-state index in [1.165, 1.54) is 12.0 Å². The van der Waals surface area contributed by atoms with Gasteiger partial charge in [-0.2, -0.15) is 5.26 Å². The lowest BCUT2D eigenvalue weighted by atomic mass is 9.65. The molecule has 8 heteroatoms. The second kappa shape index (κ2) is 6.23.